The van der Waals surface area contributed by atoms with E-state index < -0.39 is 16.1 Å². The van der Waals surface area contributed by atoms with Crippen LogP contribution in [0, 0.1) is 19.8 Å². The molecule has 182 valence electrons. The molecule has 1 aliphatic heterocycles. The highest BCUT2D eigenvalue weighted by molar-refractivity contribution is 7.89. The minimum absolute atomic E-state index is 0.127. The van der Waals surface area contributed by atoms with Crippen LogP contribution in [-0.2, 0) is 14.8 Å². The van der Waals surface area contributed by atoms with Crippen molar-refractivity contribution in [3.63, 3.8) is 0 Å². The van der Waals surface area contributed by atoms with E-state index in [0.717, 1.165) is 20.9 Å². The first-order valence-corrected chi connectivity index (χ1v) is 13.9. The van der Waals surface area contributed by atoms with Gasteiger partial charge in [0.2, 0.25) is 15.9 Å². The van der Waals surface area contributed by atoms with Crippen molar-refractivity contribution in [3.05, 3.63) is 53.0 Å². The van der Waals surface area contributed by atoms with Gasteiger partial charge in [0.25, 0.3) is 0 Å². The Labute approximate surface area is 205 Å². The molecule has 0 saturated carbocycles. The maximum atomic E-state index is 13.5. The topological polar surface area (TPSA) is 82.6 Å². The SMILES string of the molecule is Cc1ccc(N2CCN(C(=O)[C@H](NS(=O)(=O)c3ccc4nc(C)sc4c3)C(C)C)C[C@H]2C)cc1. The zero-order chi connectivity index (χ0) is 24.6. The van der Waals surface area contributed by atoms with Crippen LogP contribution in [0.25, 0.3) is 10.2 Å². The minimum atomic E-state index is -3.87. The van der Waals surface area contributed by atoms with Crippen LogP contribution < -0.4 is 9.62 Å². The second-order valence-corrected chi connectivity index (χ2v) is 12.3. The first-order chi connectivity index (χ1) is 16.0. The quantitative estimate of drug-likeness (QED) is 0.554. The van der Waals surface area contributed by atoms with E-state index in [1.807, 2.05) is 20.8 Å². The van der Waals surface area contributed by atoms with Crippen LogP contribution in [0.2, 0.25) is 0 Å². The summed E-state index contributed by atoms with van der Waals surface area (Å²) in [5, 5.41) is 0.881. The molecule has 0 unspecified atom stereocenters. The Morgan fingerprint density at radius 2 is 1.82 bits per heavy atom. The van der Waals surface area contributed by atoms with Crippen LogP contribution in [0.1, 0.15) is 31.3 Å². The molecule has 1 aromatic heterocycles. The number of fused-ring (bicyclic) bond motifs is 1. The van der Waals surface area contributed by atoms with Gasteiger partial charge in [0.1, 0.15) is 6.04 Å². The van der Waals surface area contributed by atoms with E-state index in [1.54, 1.807) is 23.1 Å². The molecule has 3 aromatic rings. The number of benzene rings is 2. The standard InChI is InChI=1S/C25H32N4O3S2/c1-16(2)24(27-34(31,32)21-10-11-22-23(14-21)33-19(5)26-22)25(30)28-12-13-29(18(4)15-28)20-8-6-17(3)7-9-20/h6-11,14,16,18,24,27H,12-13,15H2,1-5H3/t18-,24-/m1/s1. The van der Waals surface area contributed by atoms with Crippen LogP contribution in [0.3, 0.4) is 0 Å². The predicted molar refractivity (Wildman–Crippen MR) is 138 cm³/mol. The van der Waals surface area contributed by atoms with Crippen molar-refractivity contribution in [1.82, 2.24) is 14.6 Å². The highest BCUT2D eigenvalue weighted by Crippen LogP contribution is 2.26. The number of hydrogen-bond donors (Lipinski definition) is 1. The van der Waals surface area contributed by atoms with Gasteiger partial charge in [-0.2, -0.15) is 4.72 Å². The summed E-state index contributed by atoms with van der Waals surface area (Å²) in [6.07, 6.45) is 0. The molecule has 1 amide bonds. The average molecular weight is 501 g/mol. The summed E-state index contributed by atoms with van der Waals surface area (Å²) in [4.78, 5) is 22.1. The Kier molecular flexibility index (Phi) is 6.98. The summed E-state index contributed by atoms with van der Waals surface area (Å²) >= 11 is 1.45. The monoisotopic (exact) mass is 500 g/mol. The Morgan fingerprint density at radius 1 is 1.12 bits per heavy atom. The number of rotatable bonds is 6. The first-order valence-electron chi connectivity index (χ1n) is 11.6. The van der Waals surface area contributed by atoms with Gasteiger partial charge in [-0.05, 0) is 57.0 Å². The summed E-state index contributed by atoms with van der Waals surface area (Å²) in [7, 11) is -3.87. The fraction of sp³-hybridized carbons (Fsp3) is 0.440. The second kappa shape index (κ2) is 9.64. The Bertz CT molecular complexity index is 1290. The molecule has 0 radical (unpaired) electrons. The molecule has 2 atom stereocenters. The van der Waals surface area contributed by atoms with Gasteiger partial charge < -0.3 is 9.80 Å². The van der Waals surface area contributed by atoms with E-state index in [9.17, 15) is 13.2 Å². The molecule has 0 bridgehead atoms. The molecule has 0 spiro atoms. The van der Waals surface area contributed by atoms with Gasteiger partial charge in [-0.3, -0.25) is 4.79 Å². The molecule has 2 heterocycles. The second-order valence-electron chi connectivity index (χ2n) is 9.37. The highest BCUT2D eigenvalue weighted by atomic mass is 32.2. The van der Waals surface area contributed by atoms with Crippen molar-refractivity contribution < 1.29 is 13.2 Å². The number of carbonyl (C=O) groups excluding carboxylic acids is 1. The minimum Gasteiger partial charge on any atom is -0.365 e. The number of piperazine rings is 1. The van der Waals surface area contributed by atoms with E-state index >= 15 is 0 Å². The van der Waals surface area contributed by atoms with E-state index in [4.69, 9.17) is 0 Å². The molecule has 4 rings (SSSR count). The van der Waals surface area contributed by atoms with Crippen LogP contribution in [0.5, 0.6) is 0 Å². The summed E-state index contributed by atoms with van der Waals surface area (Å²) in [6, 6.07) is 12.6. The molecule has 2 aromatic carbocycles. The predicted octanol–water partition coefficient (Wildman–Crippen LogP) is 3.95. The third-order valence-corrected chi connectivity index (χ3v) is 8.67. The zero-order valence-corrected chi connectivity index (χ0v) is 21.9. The number of aromatic nitrogens is 1. The van der Waals surface area contributed by atoms with Gasteiger partial charge in [0.05, 0.1) is 20.1 Å². The zero-order valence-electron chi connectivity index (χ0n) is 20.3. The van der Waals surface area contributed by atoms with E-state index in [0.29, 0.717) is 19.6 Å². The lowest BCUT2D eigenvalue weighted by Crippen LogP contribution is -2.59. The normalized spacial score (nSPS) is 18.0. The number of anilines is 1. The lowest BCUT2D eigenvalue weighted by molar-refractivity contribution is -0.134. The number of amides is 1. The van der Waals surface area contributed by atoms with Crippen LogP contribution in [0.15, 0.2) is 47.4 Å². The Morgan fingerprint density at radius 3 is 2.47 bits per heavy atom. The van der Waals surface area contributed by atoms with Gasteiger partial charge in [0, 0.05) is 31.4 Å². The van der Waals surface area contributed by atoms with Crippen molar-refractivity contribution in [2.24, 2.45) is 5.92 Å². The summed E-state index contributed by atoms with van der Waals surface area (Å²) < 4.78 is 29.9. The number of thiazole rings is 1. The van der Waals surface area contributed by atoms with Crippen molar-refractivity contribution in [3.8, 4) is 0 Å². The summed E-state index contributed by atoms with van der Waals surface area (Å²) in [5.41, 5.74) is 3.13. The fourth-order valence-electron chi connectivity index (χ4n) is 4.37. The van der Waals surface area contributed by atoms with Crippen molar-refractivity contribution >= 4 is 43.2 Å². The van der Waals surface area contributed by atoms with Crippen molar-refractivity contribution in [2.75, 3.05) is 24.5 Å². The van der Waals surface area contributed by atoms with Crippen molar-refractivity contribution in [2.45, 2.75) is 51.6 Å². The molecule has 0 aliphatic carbocycles. The number of sulfonamides is 1. The highest BCUT2D eigenvalue weighted by Gasteiger charge is 2.35. The molecule has 9 heteroatoms. The van der Waals surface area contributed by atoms with Gasteiger partial charge in [-0.15, -0.1) is 11.3 Å². The number of nitrogens with zero attached hydrogens (tertiary/aromatic N) is 3. The lowest BCUT2D eigenvalue weighted by atomic mass is 10.0. The van der Waals surface area contributed by atoms with Crippen molar-refractivity contribution in [1.29, 1.82) is 0 Å². The molecule has 1 fully saturated rings. The first kappa shape index (κ1) is 24.6. The molecular weight excluding hydrogens is 468 g/mol. The molecular formula is C25H32N4O3S2. The van der Waals surface area contributed by atoms with Gasteiger partial charge in [0.15, 0.2) is 0 Å². The van der Waals surface area contributed by atoms with E-state index in [-0.39, 0.29) is 22.8 Å². The third-order valence-electron chi connectivity index (χ3n) is 6.30. The summed E-state index contributed by atoms with van der Waals surface area (Å²) in [5.74, 6) is -0.370. The molecule has 34 heavy (non-hydrogen) atoms. The van der Waals surface area contributed by atoms with Crippen LogP contribution >= 0.6 is 11.3 Å². The Hall–Kier alpha value is -2.49. The lowest BCUT2D eigenvalue weighted by Gasteiger charge is -2.42. The largest absolute Gasteiger partial charge is 0.365 e. The number of hydrogen-bond acceptors (Lipinski definition) is 6. The average Bonchev–Trinajstić information content (AvgIpc) is 3.17. The van der Waals surface area contributed by atoms with E-state index in [1.165, 1.54) is 16.9 Å². The Balaban J connectivity index is 1.49. The number of nitrogens with one attached hydrogen (secondary N) is 1. The van der Waals surface area contributed by atoms with Gasteiger partial charge >= 0.3 is 0 Å². The smallest absolute Gasteiger partial charge is 0.241 e. The number of carbonyl (C=O) groups is 1. The molecule has 1 saturated heterocycles. The maximum absolute atomic E-state index is 13.5. The molecule has 1 N–H and O–H groups in total. The molecule has 1 aliphatic rings. The maximum Gasteiger partial charge on any atom is 0.241 e. The van der Waals surface area contributed by atoms with Crippen LogP contribution in [-0.4, -0.2) is 55.9 Å². The van der Waals surface area contributed by atoms with Gasteiger partial charge in [-0.1, -0.05) is 31.5 Å². The van der Waals surface area contributed by atoms with Crippen LogP contribution in [0.4, 0.5) is 5.69 Å². The fourth-order valence-corrected chi connectivity index (χ4v) is 6.67. The summed E-state index contributed by atoms with van der Waals surface area (Å²) in [6.45, 7) is 11.6. The van der Waals surface area contributed by atoms with Gasteiger partial charge in [-0.25, -0.2) is 13.4 Å². The van der Waals surface area contributed by atoms with E-state index in [2.05, 4.69) is 52.7 Å². The molecule has 7 nitrogen and oxygen atoms in total. The number of aryl methyl sites for hydroxylation is 2. The third kappa shape index (κ3) is 5.11.